The van der Waals surface area contributed by atoms with Crippen molar-refractivity contribution in [2.24, 2.45) is 0 Å². The lowest BCUT2D eigenvalue weighted by atomic mass is 10.0. The molecule has 2 heterocycles. The molecule has 0 bridgehead atoms. The molecule has 0 spiro atoms. The summed E-state index contributed by atoms with van der Waals surface area (Å²) in [5, 5.41) is 7.27. The molecule has 0 saturated carbocycles. The Balaban J connectivity index is 1.60. The second-order valence-corrected chi connectivity index (χ2v) is 8.04. The molecule has 1 aliphatic rings. The zero-order chi connectivity index (χ0) is 21.0. The molecule has 1 N–H and O–H groups in total. The second-order valence-electron chi connectivity index (χ2n) is 8.04. The van der Waals surface area contributed by atoms with E-state index in [9.17, 15) is 9.59 Å². The van der Waals surface area contributed by atoms with E-state index in [2.05, 4.69) is 40.4 Å². The molecule has 7 heteroatoms. The van der Waals surface area contributed by atoms with E-state index in [1.807, 2.05) is 33.2 Å². The van der Waals surface area contributed by atoms with Crippen LogP contribution < -0.4 is 5.32 Å². The fourth-order valence-electron chi connectivity index (χ4n) is 3.88. The quantitative estimate of drug-likeness (QED) is 0.773. The fourth-order valence-corrected chi connectivity index (χ4v) is 3.88. The van der Waals surface area contributed by atoms with Crippen LogP contribution in [0.4, 0.5) is 0 Å². The Morgan fingerprint density at radius 1 is 1.28 bits per heavy atom. The van der Waals surface area contributed by atoms with Crippen LogP contribution in [0.25, 0.3) is 0 Å². The number of aromatic nitrogens is 2. The maximum atomic E-state index is 12.5. The highest BCUT2D eigenvalue weighted by molar-refractivity contribution is 5.82. The monoisotopic (exact) mass is 397 g/mol. The molecule has 2 aromatic rings. The maximum Gasteiger partial charge on any atom is 0.239 e. The summed E-state index contributed by atoms with van der Waals surface area (Å²) in [6, 6.07) is 8.20. The van der Waals surface area contributed by atoms with Gasteiger partial charge in [-0.05, 0) is 31.9 Å². The number of carbonyl (C=O) groups is 2. The SMILES string of the molecule is Cc1cccc(CN2[C@H](CNC(=O)CCn3cc(C)cn3)CN(C)C(=O)[C@@H]2C)c1. The van der Waals surface area contributed by atoms with Crippen molar-refractivity contribution in [1.29, 1.82) is 0 Å². The topological polar surface area (TPSA) is 70.5 Å². The molecule has 156 valence electrons. The van der Waals surface area contributed by atoms with Crippen molar-refractivity contribution >= 4 is 11.8 Å². The van der Waals surface area contributed by atoms with Crippen LogP contribution in [0.1, 0.15) is 30.0 Å². The maximum absolute atomic E-state index is 12.5. The van der Waals surface area contributed by atoms with E-state index in [4.69, 9.17) is 0 Å². The van der Waals surface area contributed by atoms with E-state index < -0.39 is 0 Å². The lowest BCUT2D eigenvalue weighted by molar-refractivity contribution is -0.143. The summed E-state index contributed by atoms with van der Waals surface area (Å²) in [6.07, 6.45) is 4.10. The lowest BCUT2D eigenvalue weighted by Gasteiger charge is -2.44. The van der Waals surface area contributed by atoms with Gasteiger partial charge in [-0.1, -0.05) is 29.8 Å². The van der Waals surface area contributed by atoms with Crippen molar-refractivity contribution < 1.29 is 9.59 Å². The molecule has 1 saturated heterocycles. The van der Waals surface area contributed by atoms with Crippen LogP contribution >= 0.6 is 0 Å². The Bertz CT molecular complexity index is 862. The van der Waals surface area contributed by atoms with Gasteiger partial charge in [0, 0.05) is 51.9 Å². The van der Waals surface area contributed by atoms with Crippen LogP contribution in [0.5, 0.6) is 0 Å². The summed E-state index contributed by atoms with van der Waals surface area (Å²) < 4.78 is 1.79. The second kappa shape index (κ2) is 9.22. The molecule has 0 unspecified atom stereocenters. The van der Waals surface area contributed by atoms with Gasteiger partial charge >= 0.3 is 0 Å². The van der Waals surface area contributed by atoms with Crippen LogP contribution in [0, 0.1) is 13.8 Å². The number of hydrogen-bond donors (Lipinski definition) is 1. The summed E-state index contributed by atoms with van der Waals surface area (Å²) in [7, 11) is 1.83. The van der Waals surface area contributed by atoms with E-state index >= 15 is 0 Å². The first-order valence-electron chi connectivity index (χ1n) is 10.2. The lowest BCUT2D eigenvalue weighted by Crippen LogP contribution is -2.62. The molecule has 0 radical (unpaired) electrons. The van der Waals surface area contributed by atoms with Crippen LogP contribution in [0.3, 0.4) is 0 Å². The van der Waals surface area contributed by atoms with Gasteiger partial charge in [-0.15, -0.1) is 0 Å². The minimum absolute atomic E-state index is 0.000801. The largest absolute Gasteiger partial charge is 0.354 e. The third kappa shape index (κ3) is 5.44. The number of piperazine rings is 1. The summed E-state index contributed by atoms with van der Waals surface area (Å²) >= 11 is 0. The molecule has 0 aliphatic carbocycles. The minimum atomic E-state index is -0.219. The molecular formula is C22H31N5O2. The van der Waals surface area contributed by atoms with E-state index in [1.54, 1.807) is 15.8 Å². The van der Waals surface area contributed by atoms with E-state index in [-0.39, 0.29) is 23.9 Å². The number of nitrogens with one attached hydrogen (secondary N) is 1. The Morgan fingerprint density at radius 3 is 2.76 bits per heavy atom. The third-order valence-electron chi connectivity index (χ3n) is 5.50. The van der Waals surface area contributed by atoms with Gasteiger partial charge in [-0.2, -0.15) is 5.10 Å². The van der Waals surface area contributed by atoms with E-state index in [0.29, 0.717) is 32.6 Å². The van der Waals surface area contributed by atoms with Crippen molar-refractivity contribution in [3.05, 3.63) is 53.3 Å². The normalized spacial score (nSPS) is 20.1. The number of aryl methyl sites for hydroxylation is 3. The van der Waals surface area contributed by atoms with Crippen LogP contribution in [0.15, 0.2) is 36.7 Å². The number of benzene rings is 1. The Hall–Kier alpha value is -2.67. The zero-order valence-corrected chi connectivity index (χ0v) is 17.8. The molecular weight excluding hydrogens is 366 g/mol. The first kappa shape index (κ1) is 21.0. The van der Waals surface area contributed by atoms with Crippen molar-refractivity contribution in [1.82, 2.24) is 24.9 Å². The van der Waals surface area contributed by atoms with Crippen molar-refractivity contribution in [3.63, 3.8) is 0 Å². The van der Waals surface area contributed by atoms with E-state index in [1.165, 1.54) is 11.1 Å². The van der Waals surface area contributed by atoms with Crippen molar-refractivity contribution in [2.75, 3.05) is 20.1 Å². The summed E-state index contributed by atoms with van der Waals surface area (Å²) in [6.45, 7) is 8.37. The van der Waals surface area contributed by atoms with Gasteiger partial charge in [0.2, 0.25) is 11.8 Å². The van der Waals surface area contributed by atoms with E-state index in [0.717, 1.165) is 5.56 Å². The summed E-state index contributed by atoms with van der Waals surface area (Å²) in [5.41, 5.74) is 3.47. The van der Waals surface area contributed by atoms with Gasteiger partial charge in [-0.25, -0.2) is 0 Å². The predicted octanol–water partition coefficient (Wildman–Crippen LogP) is 1.74. The molecule has 1 aromatic carbocycles. The Kier molecular flexibility index (Phi) is 6.69. The van der Waals surface area contributed by atoms with Gasteiger partial charge in [0.25, 0.3) is 0 Å². The number of rotatable bonds is 7. The standard InChI is InChI=1S/C22H31N5O2/c1-16-6-5-7-19(10-16)14-27-18(3)22(29)25(4)15-20(27)12-23-21(28)8-9-26-13-17(2)11-24-26/h5-7,10-11,13,18,20H,8-9,12,14-15H2,1-4H3,(H,23,28)/t18-,20+/m0/s1. The molecule has 1 aliphatic heterocycles. The first-order valence-corrected chi connectivity index (χ1v) is 10.2. The van der Waals surface area contributed by atoms with Gasteiger partial charge in [0.15, 0.2) is 0 Å². The van der Waals surface area contributed by atoms with Crippen LogP contribution in [-0.4, -0.2) is 63.6 Å². The smallest absolute Gasteiger partial charge is 0.239 e. The Labute approximate surface area is 172 Å². The fraction of sp³-hybridized carbons (Fsp3) is 0.500. The number of nitrogens with zero attached hydrogens (tertiary/aromatic N) is 4. The highest BCUT2D eigenvalue weighted by Gasteiger charge is 2.36. The van der Waals surface area contributed by atoms with Crippen LogP contribution in [0.2, 0.25) is 0 Å². The van der Waals surface area contributed by atoms with Gasteiger partial charge in [-0.3, -0.25) is 19.2 Å². The predicted molar refractivity (Wildman–Crippen MR) is 112 cm³/mol. The van der Waals surface area contributed by atoms with Crippen molar-refractivity contribution in [3.8, 4) is 0 Å². The molecule has 1 fully saturated rings. The summed E-state index contributed by atoms with van der Waals surface area (Å²) in [4.78, 5) is 28.8. The average Bonchev–Trinajstić information content (AvgIpc) is 3.11. The highest BCUT2D eigenvalue weighted by atomic mass is 16.2. The van der Waals surface area contributed by atoms with Crippen LogP contribution in [-0.2, 0) is 22.7 Å². The minimum Gasteiger partial charge on any atom is -0.354 e. The third-order valence-corrected chi connectivity index (χ3v) is 5.50. The molecule has 2 amide bonds. The highest BCUT2D eigenvalue weighted by Crippen LogP contribution is 2.20. The van der Waals surface area contributed by atoms with Crippen molar-refractivity contribution in [2.45, 2.75) is 52.4 Å². The zero-order valence-electron chi connectivity index (χ0n) is 17.8. The molecule has 7 nitrogen and oxygen atoms in total. The van der Waals surface area contributed by atoms with Gasteiger partial charge in [0.05, 0.1) is 12.2 Å². The van der Waals surface area contributed by atoms with Gasteiger partial charge in [0.1, 0.15) is 0 Å². The van der Waals surface area contributed by atoms with Gasteiger partial charge < -0.3 is 10.2 Å². The number of hydrogen-bond acceptors (Lipinski definition) is 4. The molecule has 29 heavy (non-hydrogen) atoms. The number of amides is 2. The molecule has 1 aromatic heterocycles. The number of likely N-dealkylation sites (N-methyl/N-ethyl adjacent to an activating group) is 1. The Morgan fingerprint density at radius 2 is 2.07 bits per heavy atom. The number of carbonyl (C=O) groups excluding carboxylic acids is 2. The molecule has 2 atom stereocenters. The first-order chi connectivity index (χ1) is 13.8. The average molecular weight is 398 g/mol. The molecule has 3 rings (SSSR count). The summed E-state index contributed by atoms with van der Waals surface area (Å²) in [5.74, 6) is 0.121.